The Hall–Kier alpha value is -2.84. The molecule has 0 aliphatic rings. The van der Waals surface area contributed by atoms with Gasteiger partial charge in [0.25, 0.3) is 11.6 Å². The van der Waals surface area contributed by atoms with Gasteiger partial charge in [0.1, 0.15) is 11.5 Å². The molecule has 2 rings (SSSR count). The number of halogens is 2. The van der Waals surface area contributed by atoms with Crippen LogP contribution in [0.1, 0.15) is 26.7 Å². The number of hydrogen-bond donors (Lipinski definition) is 0. The van der Waals surface area contributed by atoms with Crippen LogP contribution in [0.2, 0.25) is 10.0 Å². The largest absolute Gasteiger partial charge is 0.456 e. The maximum Gasteiger partial charge on any atom is 0.333 e. The fourth-order valence-corrected chi connectivity index (χ4v) is 2.65. The van der Waals surface area contributed by atoms with Gasteiger partial charge in [-0.15, -0.1) is 5.06 Å². The zero-order valence-corrected chi connectivity index (χ0v) is 16.5. The number of nitrogens with zero attached hydrogens (tertiary/aromatic N) is 2. The van der Waals surface area contributed by atoms with E-state index in [0.717, 1.165) is 13.0 Å². The van der Waals surface area contributed by atoms with E-state index in [1.54, 1.807) is 13.0 Å². The molecule has 2 aromatic rings. The topological polar surface area (TPSA) is 99.0 Å². The number of nitro groups is 1. The fraction of sp³-hybridized carbons (Fsp3) is 0.222. The van der Waals surface area contributed by atoms with Gasteiger partial charge >= 0.3 is 5.97 Å². The maximum absolute atomic E-state index is 12.0. The van der Waals surface area contributed by atoms with Crippen LogP contribution in [0.15, 0.2) is 36.4 Å². The highest BCUT2D eigenvalue weighted by atomic mass is 35.5. The molecule has 0 aliphatic carbocycles. The number of rotatable bonds is 6. The number of anilines is 1. The predicted molar refractivity (Wildman–Crippen MR) is 104 cm³/mol. The summed E-state index contributed by atoms with van der Waals surface area (Å²) in [7, 11) is 0. The highest BCUT2D eigenvalue weighted by Gasteiger charge is 2.27. The van der Waals surface area contributed by atoms with Crippen LogP contribution >= 0.6 is 23.2 Å². The van der Waals surface area contributed by atoms with Gasteiger partial charge in [0.05, 0.1) is 9.95 Å². The summed E-state index contributed by atoms with van der Waals surface area (Å²) in [5, 5.41) is 12.6. The Morgan fingerprint density at radius 3 is 2.46 bits per heavy atom. The number of carbonyl (C=O) groups excluding carboxylic acids is 2. The molecule has 28 heavy (non-hydrogen) atoms. The van der Waals surface area contributed by atoms with Crippen molar-refractivity contribution in [2.45, 2.75) is 26.7 Å². The lowest BCUT2D eigenvalue weighted by Gasteiger charge is -2.20. The highest BCUT2D eigenvalue weighted by molar-refractivity contribution is 6.35. The zero-order chi connectivity index (χ0) is 20.8. The van der Waals surface area contributed by atoms with E-state index in [4.69, 9.17) is 32.8 Å². The molecule has 1 amide bonds. The van der Waals surface area contributed by atoms with Gasteiger partial charge < -0.3 is 9.57 Å². The van der Waals surface area contributed by atoms with Crippen LogP contribution in [0.4, 0.5) is 11.4 Å². The third-order valence-electron chi connectivity index (χ3n) is 3.42. The minimum Gasteiger partial charge on any atom is -0.456 e. The normalized spacial score (nSPS) is 10.3. The monoisotopic (exact) mass is 426 g/mol. The van der Waals surface area contributed by atoms with Gasteiger partial charge in [-0.25, -0.2) is 4.79 Å². The highest BCUT2D eigenvalue weighted by Crippen LogP contribution is 2.37. The summed E-state index contributed by atoms with van der Waals surface area (Å²) in [6, 6.07) is 8.24. The molecule has 0 atom stereocenters. The summed E-state index contributed by atoms with van der Waals surface area (Å²) in [6.45, 7) is 2.87. The lowest BCUT2D eigenvalue weighted by Crippen LogP contribution is -2.32. The maximum atomic E-state index is 12.0. The van der Waals surface area contributed by atoms with Crippen LogP contribution in [0.3, 0.4) is 0 Å². The van der Waals surface area contributed by atoms with Crippen molar-refractivity contribution in [1.29, 1.82) is 0 Å². The number of hydroxylamine groups is 1. The van der Waals surface area contributed by atoms with E-state index in [9.17, 15) is 19.7 Å². The minimum absolute atomic E-state index is 0.0498. The molecule has 0 unspecified atom stereocenters. The Labute approximate surface area is 170 Å². The van der Waals surface area contributed by atoms with E-state index >= 15 is 0 Å². The second-order valence-electron chi connectivity index (χ2n) is 5.61. The molecule has 2 aromatic carbocycles. The standard InChI is InChI=1S/C18H16Cl2N2O6/c1-3-4-18(24)28-21(11(2)23)16-10-13(6-7-15(16)22(25)26)27-17-8-5-12(19)9-14(17)20/h5-10H,3-4H2,1-2H3. The van der Waals surface area contributed by atoms with Crippen molar-refractivity contribution >= 4 is 46.5 Å². The SMILES string of the molecule is CCCC(=O)ON(C(C)=O)c1cc(Oc2ccc(Cl)cc2Cl)ccc1[N+](=O)[O-]. The average Bonchev–Trinajstić information content (AvgIpc) is 2.62. The van der Waals surface area contributed by atoms with Gasteiger partial charge in [0.15, 0.2) is 5.69 Å². The lowest BCUT2D eigenvalue weighted by molar-refractivity contribution is -0.384. The number of carbonyl (C=O) groups is 2. The van der Waals surface area contributed by atoms with E-state index in [2.05, 4.69) is 0 Å². The lowest BCUT2D eigenvalue weighted by atomic mass is 10.2. The molecule has 8 nitrogen and oxygen atoms in total. The minimum atomic E-state index is -0.714. The predicted octanol–water partition coefficient (Wildman–Crippen LogP) is 5.31. The molecule has 10 heteroatoms. The van der Waals surface area contributed by atoms with Gasteiger partial charge in [-0.2, -0.15) is 0 Å². The first-order valence-electron chi connectivity index (χ1n) is 8.15. The zero-order valence-electron chi connectivity index (χ0n) is 15.0. The quantitative estimate of drug-likeness (QED) is 0.458. The van der Waals surface area contributed by atoms with E-state index in [0.29, 0.717) is 16.5 Å². The molecular weight excluding hydrogens is 411 g/mol. The van der Waals surface area contributed by atoms with E-state index in [1.807, 2.05) is 0 Å². The molecule has 0 heterocycles. The summed E-state index contributed by atoms with van der Waals surface area (Å²) in [5.41, 5.74) is -0.682. The summed E-state index contributed by atoms with van der Waals surface area (Å²) < 4.78 is 5.63. The molecule has 0 radical (unpaired) electrons. The second kappa shape index (κ2) is 9.38. The van der Waals surface area contributed by atoms with Gasteiger partial charge in [-0.05, 0) is 30.7 Å². The average molecular weight is 427 g/mol. The van der Waals surface area contributed by atoms with Crippen LogP contribution in [0, 0.1) is 10.1 Å². The Balaban J connectivity index is 2.44. The Morgan fingerprint density at radius 2 is 1.89 bits per heavy atom. The first-order chi connectivity index (χ1) is 13.2. The summed E-state index contributed by atoms with van der Waals surface area (Å²) in [5.74, 6) is -1.01. The summed E-state index contributed by atoms with van der Waals surface area (Å²) >= 11 is 11.9. The number of hydrogen-bond acceptors (Lipinski definition) is 6. The molecule has 0 saturated carbocycles. The molecule has 0 aliphatic heterocycles. The van der Waals surface area contributed by atoms with Gasteiger partial charge in [-0.3, -0.25) is 14.9 Å². The molecular formula is C18H16Cl2N2O6. The van der Waals surface area contributed by atoms with Gasteiger partial charge in [0.2, 0.25) is 0 Å². The fourth-order valence-electron chi connectivity index (χ4n) is 2.20. The molecule has 0 bridgehead atoms. The molecule has 148 valence electrons. The van der Waals surface area contributed by atoms with Crippen molar-refractivity contribution in [3.63, 3.8) is 0 Å². The molecule has 0 fully saturated rings. The van der Waals surface area contributed by atoms with Crippen LogP contribution < -0.4 is 9.80 Å². The van der Waals surface area contributed by atoms with Crippen LogP contribution in [-0.4, -0.2) is 16.8 Å². The van der Waals surface area contributed by atoms with Gasteiger partial charge in [0, 0.05) is 30.5 Å². The Bertz CT molecular complexity index is 919. The number of ether oxygens (including phenoxy) is 1. The van der Waals surface area contributed by atoms with Crippen molar-refractivity contribution in [2.75, 3.05) is 5.06 Å². The van der Waals surface area contributed by atoms with E-state index < -0.39 is 22.5 Å². The van der Waals surface area contributed by atoms with Crippen LogP contribution in [-0.2, 0) is 14.4 Å². The molecule has 0 N–H and O–H groups in total. The van der Waals surface area contributed by atoms with Gasteiger partial charge in [-0.1, -0.05) is 30.1 Å². The summed E-state index contributed by atoms with van der Waals surface area (Å²) in [4.78, 5) is 39.5. The third-order valence-corrected chi connectivity index (χ3v) is 3.95. The molecule has 0 saturated heterocycles. The Morgan fingerprint density at radius 1 is 1.18 bits per heavy atom. The van der Waals surface area contributed by atoms with E-state index in [-0.39, 0.29) is 28.6 Å². The van der Waals surface area contributed by atoms with Crippen LogP contribution in [0.25, 0.3) is 0 Å². The van der Waals surface area contributed by atoms with Crippen molar-refractivity contribution < 1.29 is 24.1 Å². The third kappa shape index (κ3) is 5.34. The van der Waals surface area contributed by atoms with Crippen LogP contribution in [0.5, 0.6) is 11.5 Å². The van der Waals surface area contributed by atoms with Crippen molar-refractivity contribution in [3.05, 3.63) is 56.6 Å². The smallest absolute Gasteiger partial charge is 0.333 e. The summed E-state index contributed by atoms with van der Waals surface area (Å²) in [6.07, 6.45) is 0.541. The number of nitro benzene ring substituents is 1. The van der Waals surface area contributed by atoms with Crippen molar-refractivity contribution in [3.8, 4) is 11.5 Å². The first kappa shape index (κ1) is 21.5. The molecule has 0 aromatic heterocycles. The number of amides is 1. The number of benzene rings is 2. The second-order valence-corrected chi connectivity index (χ2v) is 6.45. The Kier molecular flexibility index (Phi) is 7.19. The van der Waals surface area contributed by atoms with Crippen molar-refractivity contribution in [1.82, 2.24) is 0 Å². The first-order valence-corrected chi connectivity index (χ1v) is 8.91. The molecule has 0 spiro atoms. The van der Waals surface area contributed by atoms with Crippen molar-refractivity contribution in [2.24, 2.45) is 0 Å². The van der Waals surface area contributed by atoms with E-state index in [1.165, 1.54) is 24.3 Å².